The van der Waals surface area contributed by atoms with Gasteiger partial charge in [-0.05, 0) is 79.1 Å². The van der Waals surface area contributed by atoms with Crippen molar-refractivity contribution in [2.75, 3.05) is 24.0 Å². The first-order valence-corrected chi connectivity index (χ1v) is 17.3. The second kappa shape index (κ2) is 16.9. The van der Waals surface area contributed by atoms with Gasteiger partial charge in [-0.25, -0.2) is 12.8 Å². The molecule has 0 spiro atoms. The predicted molar refractivity (Wildman–Crippen MR) is 182 cm³/mol. The zero-order chi connectivity index (χ0) is 33.8. The van der Waals surface area contributed by atoms with Crippen LogP contribution in [-0.2, 0) is 32.6 Å². The number of sulfonamides is 1. The molecule has 0 saturated carbocycles. The zero-order valence-corrected chi connectivity index (χ0v) is 28.0. The highest BCUT2D eigenvalue weighted by Gasteiger charge is 2.35. The fourth-order valence-electron chi connectivity index (χ4n) is 5.01. The van der Waals surface area contributed by atoms with E-state index in [-0.39, 0.29) is 29.5 Å². The van der Waals surface area contributed by atoms with Crippen LogP contribution in [0.1, 0.15) is 37.8 Å². The van der Waals surface area contributed by atoms with E-state index in [9.17, 15) is 22.4 Å². The minimum absolute atomic E-state index is 0.0507. The molecule has 0 bridgehead atoms. The zero-order valence-electron chi connectivity index (χ0n) is 26.4. The molecule has 0 radical (unpaired) electrons. The van der Waals surface area contributed by atoms with Gasteiger partial charge in [-0.1, -0.05) is 73.5 Å². The van der Waals surface area contributed by atoms with Crippen LogP contribution in [0.3, 0.4) is 0 Å². The number of unbranched alkanes of at least 4 members (excludes halogenated alkanes) is 1. The Morgan fingerprint density at radius 2 is 1.55 bits per heavy atom. The Bertz CT molecular complexity index is 1720. The summed E-state index contributed by atoms with van der Waals surface area (Å²) in [6, 6.07) is 26.0. The highest BCUT2D eigenvalue weighted by Crippen LogP contribution is 2.28. The van der Waals surface area contributed by atoms with E-state index in [2.05, 4.69) is 5.32 Å². The molecule has 4 aromatic carbocycles. The molecule has 248 valence electrons. The number of nitrogens with zero attached hydrogens (tertiary/aromatic N) is 2. The van der Waals surface area contributed by atoms with Crippen molar-refractivity contribution in [1.29, 1.82) is 0 Å². The van der Waals surface area contributed by atoms with Gasteiger partial charge < -0.3 is 15.0 Å². The fraction of sp³-hybridized carbons (Fsp3) is 0.278. The van der Waals surface area contributed by atoms with Crippen LogP contribution in [0.15, 0.2) is 108 Å². The smallest absolute Gasteiger partial charge is 0.264 e. The number of anilines is 1. The van der Waals surface area contributed by atoms with Crippen molar-refractivity contribution in [2.24, 2.45) is 0 Å². The molecule has 8 nitrogen and oxygen atoms in total. The summed E-state index contributed by atoms with van der Waals surface area (Å²) in [6.07, 6.45) is 1.80. The van der Waals surface area contributed by atoms with Gasteiger partial charge in [0.25, 0.3) is 10.0 Å². The molecule has 11 heteroatoms. The van der Waals surface area contributed by atoms with Gasteiger partial charge in [-0.15, -0.1) is 0 Å². The van der Waals surface area contributed by atoms with E-state index >= 15 is 0 Å². The lowest BCUT2D eigenvalue weighted by atomic mass is 10.0. The second-order valence-corrected chi connectivity index (χ2v) is 13.1. The second-order valence-electron chi connectivity index (χ2n) is 10.9. The maximum Gasteiger partial charge on any atom is 0.264 e. The van der Waals surface area contributed by atoms with Crippen LogP contribution in [0.2, 0.25) is 5.02 Å². The normalized spacial score (nSPS) is 11.8. The third-order valence-corrected chi connectivity index (χ3v) is 9.67. The summed E-state index contributed by atoms with van der Waals surface area (Å²) >= 11 is 6.54. The van der Waals surface area contributed by atoms with E-state index < -0.39 is 34.3 Å². The van der Waals surface area contributed by atoms with Crippen LogP contribution >= 0.6 is 11.6 Å². The Balaban J connectivity index is 1.80. The highest BCUT2D eigenvalue weighted by molar-refractivity contribution is 7.92. The van der Waals surface area contributed by atoms with Gasteiger partial charge in [0, 0.05) is 24.5 Å². The number of halogens is 2. The largest absolute Gasteiger partial charge is 0.494 e. The monoisotopic (exact) mass is 679 g/mol. The molecule has 0 aliphatic rings. The Morgan fingerprint density at radius 3 is 2.19 bits per heavy atom. The summed E-state index contributed by atoms with van der Waals surface area (Å²) in [6.45, 7) is 3.98. The van der Waals surface area contributed by atoms with Crippen LogP contribution in [0.25, 0.3) is 0 Å². The van der Waals surface area contributed by atoms with Gasteiger partial charge in [-0.2, -0.15) is 0 Å². The quantitative estimate of drug-likeness (QED) is 0.134. The molecule has 2 amide bonds. The van der Waals surface area contributed by atoms with E-state index in [1.165, 1.54) is 17.0 Å². The fourth-order valence-corrected chi connectivity index (χ4v) is 6.62. The molecule has 4 aromatic rings. The van der Waals surface area contributed by atoms with Gasteiger partial charge in [0.15, 0.2) is 0 Å². The summed E-state index contributed by atoms with van der Waals surface area (Å²) < 4.78 is 48.5. The minimum atomic E-state index is -4.38. The first-order valence-electron chi connectivity index (χ1n) is 15.5. The molecule has 0 heterocycles. The van der Waals surface area contributed by atoms with Gasteiger partial charge in [-0.3, -0.25) is 13.9 Å². The summed E-state index contributed by atoms with van der Waals surface area (Å²) in [5, 5.41) is 3.36. The van der Waals surface area contributed by atoms with Crippen LogP contribution in [0.5, 0.6) is 5.75 Å². The molecule has 1 N–H and O–H groups in total. The van der Waals surface area contributed by atoms with E-state index in [1.54, 1.807) is 36.4 Å². The van der Waals surface area contributed by atoms with E-state index in [0.717, 1.165) is 47.0 Å². The Labute approximate surface area is 281 Å². The van der Waals surface area contributed by atoms with Gasteiger partial charge in [0.05, 0.1) is 17.2 Å². The van der Waals surface area contributed by atoms with E-state index in [0.29, 0.717) is 29.5 Å². The van der Waals surface area contributed by atoms with Crippen molar-refractivity contribution >= 4 is 39.1 Å². The molecule has 0 saturated heterocycles. The first-order chi connectivity index (χ1) is 22.6. The third kappa shape index (κ3) is 9.56. The number of carbonyl (C=O) groups excluding carboxylic acids is 2. The number of hydrogen-bond donors (Lipinski definition) is 1. The summed E-state index contributed by atoms with van der Waals surface area (Å²) in [5.41, 5.74) is 1.61. The van der Waals surface area contributed by atoms with Crippen molar-refractivity contribution < 1.29 is 27.1 Å². The average Bonchev–Trinajstić information content (AvgIpc) is 3.07. The number of ether oxygens (including phenoxy) is 1. The van der Waals surface area contributed by atoms with Gasteiger partial charge in [0.1, 0.15) is 24.2 Å². The Morgan fingerprint density at radius 1 is 0.894 bits per heavy atom. The topological polar surface area (TPSA) is 96.0 Å². The maximum absolute atomic E-state index is 14.5. The molecule has 0 fully saturated rings. The lowest BCUT2D eigenvalue weighted by Crippen LogP contribution is -2.53. The predicted octanol–water partition coefficient (Wildman–Crippen LogP) is 6.63. The summed E-state index contributed by atoms with van der Waals surface area (Å²) in [5.74, 6) is -1.07. The average molecular weight is 680 g/mol. The molecule has 0 unspecified atom stereocenters. The molecule has 47 heavy (non-hydrogen) atoms. The number of benzene rings is 4. The Hall–Kier alpha value is -4.41. The van der Waals surface area contributed by atoms with Crippen LogP contribution in [-0.4, -0.2) is 50.9 Å². The number of rotatable bonds is 16. The lowest BCUT2D eigenvalue weighted by molar-refractivity contribution is -0.140. The number of amides is 2. The van der Waals surface area contributed by atoms with Gasteiger partial charge >= 0.3 is 0 Å². The number of carbonyl (C=O) groups is 2. The number of nitrogens with one attached hydrogen (secondary N) is 1. The highest BCUT2D eigenvalue weighted by atomic mass is 35.5. The standard InChI is InChI=1S/C36H39ClFN3O5S/c1-3-5-23-39-36(43)34(24-27-11-7-6-8-12-27)40(25-28-13-9-10-14-33(28)37)35(42)26-41(30-17-19-31(20-18-30)46-4-2)47(44,45)32-21-15-29(38)16-22-32/h6-22,34H,3-5,23-26H2,1-2H3,(H,39,43)/t34-/m1/s1. The van der Waals surface area contributed by atoms with Crippen LogP contribution in [0.4, 0.5) is 10.1 Å². The van der Waals surface area contributed by atoms with E-state index in [4.69, 9.17) is 16.3 Å². The van der Waals surface area contributed by atoms with E-state index in [1.807, 2.05) is 44.2 Å². The molecule has 1 atom stereocenters. The third-order valence-electron chi connectivity index (χ3n) is 7.52. The molecule has 0 aliphatic heterocycles. The van der Waals surface area contributed by atoms with Gasteiger partial charge in [0.2, 0.25) is 11.8 Å². The first kappa shape index (κ1) is 35.4. The molecular weight excluding hydrogens is 641 g/mol. The minimum Gasteiger partial charge on any atom is -0.494 e. The maximum atomic E-state index is 14.5. The molecule has 0 aromatic heterocycles. The van der Waals surface area contributed by atoms with Crippen molar-refractivity contribution in [3.63, 3.8) is 0 Å². The van der Waals surface area contributed by atoms with Crippen molar-refractivity contribution in [1.82, 2.24) is 10.2 Å². The van der Waals surface area contributed by atoms with Crippen molar-refractivity contribution in [3.05, 3.63) is 125 Å². The number of hydrogen-bond acceptors (Lipinski definition) is 5. The molecule has 0 aliphatic carbocycles. The summed E-state index contributed by atoms with van der Waals surface area (Å²) in [4.78, 5) is 29.5. The van der Waals surface area contributed by atoms with Crippen molar-refractivity contribution in [2.45, 2.75) is 50.6 Å². The summed E-state index contributed by atoms with van der Waals surface area (Å²) in [7, 11) is -4.38. The Kier molecular flexibility index (Phi) is 12.8. The SMILES string of the molecule is CCCCNC(=O)[C@@H](Cc1ccccc1)N(Cc1ccccc1Cl)C(=O)CN(c1ccc(OCC)cc1)S(=O)(=O)c1ccc(F)cc1. The molecule has 4 rings (SSSR count). The van der Waals surface area contributed by atoms with Crippen LogP contribution in [0, 0.1) is 5.82 Å². The molecular formula is C36H39ClFN3O5S. The lowest BCUT2D eigenvalue weighted by Gasteiger charge is -2.34. The van der Waals surface area contributed by atoms with Crippen LogP contribution < -0.4 is 14.4 Å². The van der Waals surface area contributed by atoms with Crippen molar-refractivity contribution in [3.8, 4) is 5.75 Å².